The second kappa shape index (κ2) is 7.64. The molecule has 2 aliphatic rings. The van der Waals surface area contributed by atoms with E-state index in [1.807, 2.05) is 0 Å². The molecule has 0 aromatic carbocycles. The van der Waals surface area contributed by atoms with Gasteiger partial charge < -0.3 is 5.32 Å². The summed E-state index contributed by atoms with van der Waals surface area (Å²) < 4.78 is 36.9. The minimum atomic E-state index is -4.05. The summed E-state index contributed by atoms with van der Waals surface area (Å²) in [5.74, 6) is 1.27. The van der Waals surface area contributed by atoms with Crippen molar-refractivity contribution in [3.63, 3.8) is 0 Å². The van der Waals surface area contributed by atoms with E-state index in [1.165, 1.54) is 43.4 Å². The van der Waals surface area contributed by atoms with Crippen molar-refractivity contribution in [2.75, 3.05) is 32.7 Å². The molecule has 1 unspecified atom stereocenters. The number of alkyl halides is 3. The summed E-state index contributed by atoms with van der Waals surface area (Å²) in [6.07, 6.45) is 4.95. The number of nitrogens with zero attached hydrogens (tertiary/aromatic N) is 1. The summed E-state index contributed by atoms with van der Waals surface area (Å²) in [5.41, 5.74) is 0. The first-order valence-corrected chi connectivity index (χ1v) is 8.03. The number of nitrogens with one attached hydrogen (secondary N) is 1. The lowest BCUT2D eigenvalue weighted by atomic mass is 9.87. The van der Waals surface area contributed by atoms with E-state index in [4.69, 9.17) is 0 Å². The number of hydrogen-bond donors (Lipinski definition) is 1. The molecule has 1 heterocycles. The Morgan fingerprint density at radius 1 is 1.00 bits per heavy atom. The lowest BCUT2D eigenvalue weighted by molar-refractivity contribution is -0.143. The molecule has 118 valence electrons. The molecule has 1 saturated carbocycles. The third-order valence-corrected chi connectivity index (χ3v) is 4.66. The normalized spacial score (nSPS) is 26.2. The number of halogens is 3. The monoisotopic (exact) mass is 292 g/mol. The molecule has 0 aromatic heterocycles. The second-order valence-corrected chi connectivity index (χ2v) is 6.50. The van der Waals surface area contributed by atoms with Crippen molar-refractivity contribution in [1.82, 2.24) is 10.2 Å². The van der Waals surface area contributed by atoms with Gasteiger partial charge in [0.25, 0.3) is 0 Å². The maximum Gasteiger partial charge on any atom is 0.401 e. The first kappa shape index (κ1) is 16.1. The van der Waals surface area contributed by atoms with Gasteiger partial charge in [0.1, 0.15) is 0 Å². The Bertz CT molecular complexity index is 275. The van der Waals surface area contributed by atoms with Gasteiger partial charge in [-0.05, 0) is 44.3 Å². The predicted octanol–water partition coefficient (Wildman–Crippen LogP) is 3.43. The topological polar surface area (TPSA) is 15.3 Å². The van der Waals surface area contributed by atoms with E-state index in [2.05, 4.69) is 5.32 Å². The molecule has 1 aliphatic heterocycles. The molecule has 20 heavy (non-hydrogen) atoms. The Labute approximate surface area is 120 Å². The summed E-state index contributed by atoms with van der Waals surface area (Å²) in [7, 11) is 0. The quantitative estimate of drug-likeness (QED) is 0.755. The van der Waals surface area contributed by atoms with Crippen molar-refractivity contribution in [3.8, 4) is 0 Å². The molecule has 0 amide bonds. The highest BCUT2D eigenvalue weighted by Gasteiger charge is 2.34. The van der Waals surface area contributed by atoms with Gasteiger partial charge in [-0.1, -0.05) is 32.1 Å². The van der Waals surface area contributed by atoms with Crippen molar-refractivity contribution >= 4 is 0 Å². The van der Waals surface area contributed by atoms with Gasteiger partial charge in [-0.25, -0.2) is 0 Å². The molecular weight excluding hydrogens is 265 g/mol. The lowest BCUT2D eigenvalue weighted by Gasteiger charge is -2.22. The van der Waals surface area contributed by atoms with Gasteiger partial charge in [0.15, 0.2) is 0 Å². The Balaban J connectivity index is 1.52. The lowest BCUT2D eigenvalue weighted by Crippen LogP contribution is -2.33. The largest absolute Gasteiger partial charge is 0.401 e. The van der Waals surface area contributed by atoms with Gasteiger partial charge in [0, 0.05) is 6.54 Å². The highest BCUT2D eigenvalue weighted by Crippen LogP contribution is 2.26. The van der Waals surface area contributed by atoms with Crippen LogP contribution in [0.25, 0.3) is 0 Å². The van der Waals surface area contributed by atoms with Gasteiger partial charge in [0.05, 0.1) is 6.54 Å². The molecule has 0 spiro atoms. The van der Waals surface area contributed by atoms with Gasteiger partial charge in [-0.2, -0.15) is 13.2 Å². The summed E-state index contributed by atoms with van der Waals surface area (Å²) in [5, 5.41) is 3.45. The molecule has 1 saturated heterocycles. The highest BCUT2D eigenvalue weighted by molar-refractivity contribution is 4.79. The number of likely N-dealkylation sites (tertiary alicyclic amines) is 1. The summed E-state index contributed by atoms with van der Waals surface area (Å²) in [4.78, 5) is 1.54. The van der Waals surface area contributed by atoms with E-state index in [9.17, 15) is 13.2 Å². The van der Waals surface area contributed by atoms with E-state index in [-0.39, 0.29) is 0 Å². The minimum Gasteiger partial charge on any atom is -0.316 e. The van der Waals surface area contributed by atoms with Crippen molar-refractivity contribution in [1.29, 1.82) is 0 Å². The van der Waals surface area contributed by atoms with Crippen LogP contribution in [-0.4, -0.2) is 43.8 Å². The van der Waals surface area contributed by atoms with E-state index in [0.29, 0.717) is 19.0 Å². The van der Waals surface area contributed by atoms with Crippen LogP contribution < -0.4 is 5.32 Å². The zero-order chi connectivity index (χ0) is 14.4. The summed E-state index contributed by atoms with van der Waals surface area (Å²) >= 11 is 0. The Morgan fingerprint density at radius 2 is 1.75 bits per heavy atom. The van der Waals surface area contributed by atoms with Crippen LogP contribution in [0.3, 0.4) is 0 Å². The zero-order valence-corrected chi connectivity index (χ0v) is 12.2. The Morgan fingerprint density at radius 3 is 2.45 bits per heavy atom. The highest BCUT2D eigenvalue weighted by atomic mass is 19.4. The average Bonchev–Trinajstić information content (AvgIpc) is 2.81. The van der Waals surface area contributed by atoms with E-state index in [1.54, 1.807) is 0 Å². The van der Waals surface area contributed by atoms with Crippen LogP contribution in [-0.2, 0) is 0 Å². The van der Waals surface area contributed by atoms with Crippen molar-refractivity contribution in [2.45, 2.75) is 51.1 Å². The molecule has 1 aliphatic carbocycles. The fourth-order valence-electron chi connectivity index (χ4n) is 3.56. The summed E-state index contributed by atoms with van der Waals surface area (Å²) in [6, 6.07) is 0. The predicted molar refractivity (Wildman–Crippen MR) is 74.7 cm³/mol. The standard InChI is InChI=1S/C15H27F3N2/c16-15(17,18)12-20-9-7-14(11-20)10-19-8-6-13-4-2-1-3-5-13/h13-14,19H,1-12H2. The Kier molecular flexibility index (Phi) is 6.15. The summed E-state index contributed by atoms with van der Waals surface area (Å²) in [6.45, 7) is 2.34. The van der Waals surface area contributed by atoms with Crippen LogP contribution in [0.1, 0.15) is 44.9 Å². The molecule has 0 radical (unpaired) electrons. The van der Waals surface area contributed by atoms with Crippen LogP contribution in [0.2, 0.25) is 0 Å². The first-order chi connectivity index (χ1) is 9.53. The van der Waals surface area contributed by atoms with Crippen LogP contribution in [0.5, 0.6) is 0 Å². The zero-order valence-electron chi connectivity index (χ0n) is 12.2. The van der Waals surface area contributed by atoms with Crippen LogP contribution in [0.15, 0.2) is 0 Å². The van der Waals surface area contributed by atoms with Crippen molar-refractivity contribution in [3.05, 3.63) is 0 Å². The van der Waals surface area contributed by atoms with Gasteiger partial charge in [-0.15, -0.1) is 0 Å². The molecular formula is C15H27F3N2. The molecule has 2 fully saturated rings. The molecule has 1 N–H and O–H groups in total. The maximum absolute atomic E-state index is 12.3. The van der Waals surface area contributed by atoms with E-state index >= 15 is 0 Å². The van der Waals surface area contributed by atoms with E-state index < -0.39 is 12.7 Å². The smallest absolute Gasteiger partial charge is 0.316 e. The van der Waals surface area contributed by atoms with Crippen molar-refractivity contribution in [2.24, 2.45) is 11.8 Å². The number of hydrogen-bond acceptors (Lipinski definition) is 2. The molecule has 2 nitrogen and oxygen atoms in total. The van der Waals surface area contributed by atoms with Gasteiger partial charge in [0.2, 0.25) is 0 Å². The SMILES string of the molecule is FC(F)(F)CN1CCC(CNCCC2CCCCC2)C1. The second-order valence-electron chi connectivity index (χ2n) is 6.50. The van der Waals surface area contributed by atoms with Crippen molar-refractivity contribution < 1.29 is 13.2 Å². The molecule has 0 aromatic rings. The minimum absolute atomic E-state index is 0.392. The van der Waals surface area contributed by atoms with Crippen LogP contribution in [0.4, 0.5) is 13.2 Å². The first-order valence-electron chi connectivity index (χ1n) is 8.03. The fourth-order valence-corrected chi connectivity index (χ4v) is 3.56. The fraction of sp³-hybridized carbons (Fsp3) is 1.00. The molecule has 0 bridgehead atoms. The molecule has 1 atom stereocenters. The molecule has 5 heteroatoms. The van der Waals surface area contributed by atoms with Gasteiger partial charge >= 0.3 is 6.18 Å². The van der Waals surface area contributed by atoms with Gasteiger partial charge in [-0.3, -0.25) is 4.90 Å². The third kappa shape index (κ3) is 6.00. The number of rotatable bonds is 6. The van der Waals surface area contributed by atoms with Crippen LogP contribution in [0, 0.1) is 11.8 Å². The Hall–Kier alpha value is -0.290. The molecule has 2 rings (SSSR count). The van der Waals surface area contributed by atoms with E-state index in [0.717, 1.165) is 25.4 Å². The average molecular weight is 292 g/mol. The maximum atomic E-state index is 12.3. The third-order valence-electron chi connectivity index (χ3n) is 4.66. The van der Waals surface area contributed by atoms with Crippen LogP contribution >= 0.6 is 0 Å².